The third-order valence-electron chi connectivity index (χ3n) is 4.53. The molecule has 1 aromatic rings. The first-order valence-electron chi connectivity index (χ1n) is 9.65. The minimum atomic E-state index is 0. The lowest BCUT2D eigenvalue weighted by Crippen LogP contribution is -2.49. The summed E-state index contributed by atoms with van der Waals surface area (Å²) in [6.07, 6.45) is 3.27. The number of ether oxygens (including phenoxy) is 1. The van der Waals surface area contributed by atoms with Crippen LogP contribution in [0.2, 0.25) is 0 Å². The zero-order chi connectivity index (χ0) is 17.9. The van der Waals surface area contributed by atoms with Crippen molar-refractivity contribution in [3.63, 3.8) is 0 Å². The summed E-state index contributed by atoms with van der Waals surface area (Å²) in [5.74, 6) is 1.86. The largest absolute Gasteiger partial charge is 0.494 e. The zero-order valence-corrected chi connectivity index (χ0v) is 18.7. The van der Waals surface area contributed by atoms with Crippen LogP contribution in [-0.4, -0.2) is 55.7 Å². The molecule has 1 aliphatic rings. The van der Waals surface area contributed by atoms with Crippen LogP contribution in [0, 0.1) is 0 Å². The minimum absolute atomic E-state index is 0. The highest BCUT2D eigenvalue weighted by Gasteiger charge is 2.21. The van der Waals surface area contributed by atoms with Crippen LogP contribution in [0.3, 0.4) is 0 Å². The second-order valence-electron chi connectivity index (χ2n) is 6.82. The number of guanidine groups is 1. The van der Waals surface area contributed by atoms with Crippen molar-refractivity contribution in [1.82, 2.24) is 15.5 Å². The maximum atomic E-state index is 5.72. The van der Waals surface area contributed by atoms with Gasteiger partial charge in [-0.3, -0.25) is 4.99 Å². The average molecular weight is 474 g/mol. The third kappa shape index (κ3) is 8.58. The normalized spacial score (nSPS) is 16.2. The van der Waals surface area contributed by atoms with Crippen LogP contribution in [-0.2, 0) is 0 Å². The van der Waals surface area contributed by atoms with Crippen molar-refractivity contribution in [2.45, 2.75) is 52.1 Å². The van der Waals surface area contributed by atoms with E-state index < -0.39 is 0 Å². The fourth-order valence-electron chi connectivity index (χ4n) is 3.04. The molecule has 0 atom stereocenters. The van der Waals surface area contributed by atoms with Gasteiger partial charge in [-0.15, -0.1) is 24.0 Å². The number of halogens is 1. The summed E-state index contributed by atoms with van der Waals surface area (Å²) in [5, 5.41) is 6.95. The highest BCUT2D eigenvalue weighted by atomic mass is 127. The summed E-state index contributed by atoms with van der Waals surface area (Å²) in [5.41, 5.74) is 0. The molecule has 1 fully saturated rings. The van der Waals surface area contributed by atoms with Crippen LogP contribution in [0.4, 0.5) is 0 Å². The van der Waals surface area contributed by atoms with E-state index in [-0.39, 0.29) is 24.0 Å². The lowest BCUT2D eigenvalue weighted by Gasteiger charge is -2.35. The Labute approximate surface area is 176 Å². The molecule has 0 radical (unpaired) electrons. The fourth-order valence-corrected chi connectivity index (χ4v) is 3.04. The molecular formula is C20H35IN4O. The number of aliphatic imine (C=N–C) groups is 1. The molecular weight excluding hydrogens is 439 g/mol. The van der Waals surface area contributed by atoms with Crippen LogP contribution in [0.1, 0.15) is 40.0 Å². The molecule has 26 heavy (non-hydrogen) atoms. The SMILES string of the molecule is CCNC(=NCCCOc1ccccc1)NC1CCN(C(C)C)CC1.I. The topological polar surface area (TPSA) is 48.9 Å². The van der Waals surface area contributed by atoms with Gasteiger partial charge in [-0.1, -0.05) is 18.2 Å². The monoisotopic (exact) mass is 474 g/mol. The Morgan fingerprint density at radius 1 is 1.23 bits per heavy atom. The standard InChI is InChI=1S/C20H34N4O.HI/c1-4-21-20(23-18-11-14-24(15-12-18)17(2)3)22-13-8-16-25-19-9-6-5-7-10-19;/h5-7,9-10,17-18H,4,8,11-16H2,1-3H3,(H2,21,22,23);1H. The summed E-state index contributed by atoms with van der Waals surface area (Å²) >= 11 is 0. The number of nitrogens with one attached hydrogen (secondary N) is 2. The van der Waals surface area contributed by atoms with Crippen molar-refractivity contribution in [2.24, 2.45) is 4.99 Å². The Morgan fingerprint density at radius 2 is 1.92 bits per heavy atom. The Bertz CT molecular complexity index is 502. The van der Waals surface area contributed by atoms with Crippen molar-refractivity contribution >= 4 is 29.9 Å². The second-order valence-corrected chi connectivity index (χ2v) is 6.82. The van der Waals surface area contributed by atoms with E-state index in [0.29, 0.717) is 18.7 Å². The first kappa shape index (κ1) is 23.0. The summed E-state index contributed by atoms with van der Waals surface area (Å²) in [4.78, 5) is 7.24. The highest BCUT2D eigenvalue weighted by molar-refractivity contribution is 14.0. The number of benzene rings is 1. The van der Waals surface area contributed by atoms with E-state index in [0.717, 1.165) is 31.2 Å². The van der Waals surface area contributed by atoms with Crippen molar-refractivity contribution in [3.05, 3.63) is 30.3 Å². The van der Waals surface area contributed by atoms with E-state index in [4.69, 9.17) is 9.73 Å². The van der Waals surface area contributed by atoms with E-state index in [2.05, 4.69) is 36.3 Å². The number of hydrogen-bond acceptors (Lipinski definition) is 3. The van der Waals surface area contributed by atoms with E-state index in [1.54, 1.807) is 0 Å². The summed E-state index contributed by atoms with van der Waals surface area (Å²) in [6, 6.07) is 11.1. The van der Waals surface area contributed by atoms with E-state index in [1.807, 2.05) is 30.3 Å². The minimum Gasteiger partial charge on any atom is -0.494 e. The maximum absolute atomic E-state index is 5.72. The van der Waals surface area contributed by atoms with Gasteiger partial charge in [0.05, 0.1) is 6.61 Å². The maximum Gasteiger partial charge on any atom is 0.191 e. The van der Waals surface area contributed by atoms with Gasteiger partial charge in [0.2, 0.25) is 0 Å². The molecule has 0 saturated carbocycles. The second kappa shape index (κ2) is 13.2. The van der Waals surface area contributed by atoms with Gasteiger partial charge >= 0.3 is 0 Å². The number of piperidine rings is 1. The molecule has 0 aromatic heterocycles. The Hall–Kier alpha value is -1.02. The number of rotatable bonds is 8. The highest BCUT2D eigenvalue weighted by Crippen LogP contribution is 2.13. The zero-order valence-electron chi connectivity index (χ0n) is 16.4. The lowest BCUT2D eigenvalue weighted by molar-refractivity contribution is 0.167. The molecule has 0 aliphatic carbocycles. The molecule has 0 unspecified atom stereocenters. The van der Waals surface area contributed by atoms with Crippen molar-refractivity contribution < 1.29 is 4.74 Å². The fraction of sp³-hybridized carbons (Fsp3) is 0.650. The van der Waals surface area contributed by atoms with Crippen molar-refractivity contribution in [2.75, 3.05) is 32.8 Å². The number of hydrogen-bond donors (Lipinski definition) is 2. The molecule has 148 valence electrons. The predicted octanol–water partition coefficient (Wildman–Crippen LogP) is 3.50. The van der Waals surface area contributed by atoms with Gasteiger partial charge in [-0.2, -0.15) is 0 Å². The Balaban J connectivity index is 0.00000338. The number of likely N-dealkylation sites (tertiary alicyclic amines) is 1. The summed E-state index contributed by atoms with van der Waals surface area (Å²) in [6.45, 7) is 11.3. The summed E-state index contributed by atoms with van der Waals surface area (Å²) < 4.78 is 5.72. The average Bonchev–Trinajstić information content (AvgIpc) is 2.63. The van der Waals surface area contributed by atoms with Gasteiger partial charge < -0.3 is 20.3 Å². The van der Waals surface area contributed by atoms with Crippen LogP contribution >= 0.6 is 24.0 Å². The molecule has 1 aliphatic heterocycles. The molecule has 5 nitrogen and oxygen atoms in total. The first-order valence-corrected chi connectivity index (χ1v) is 9.65. The predicted molar refractivity (Wildman–Crippen MR) is 121 cm³/mol. The molecule has 1 heterocycles. The Kier molecular flexibility index (Phi) is 11.7. The van der Waals surface area contributed by atoms with Gasteiger partial charge in [0.25, 0.3) is 0 Å². The quantitative estimate of drug-likeness (QED) is 0.262. The van der Waals surface area contributed by atoms with Crippen LogP contribution in [0.5, 0.6) is 5.75 Å². The van der Waals surface area contributed by atoms with Gasteiger partial charge in [-0.25, -0.2) is 0 Å². The molecule has 1 aromatic carbocycles. The number of para-hydroxylation sites is 1. The molecule has 1 saturated heterocycles. The smallest absolute Gasteiger partial charge is 0.191 e. The van der Waals surface area contributed by atoms with Crippen molar-refractivity contribution in [1.29, 1.82) is 0 Å². The van der Waals surface area contributed by atoms with Gasteiger partial charge in [-0.05, 0) is 45.7 Å². The van der Waals surface area contributed by atoms with Gasteiger partial charge in [0, 0.05) is 44.7 Å². The van der Waals surface area contributed by atoms with Gasteiger partial charge in [0.15, 0.2) is 5.96 Å². The lowest BCUT2D eigenvalue weighted by atomic mass is 10.0. The van der Waals surface area contributed by atoms with Crippen molar-refractivity contribution in [3.8, 4) is 5.75 Å². The van der Waals surface area contributed by atoms with Gasteiger partial charge in [0.1, 0.15) is 5.75 Å². The first-order chi connectivity index (χ1) is 12.2. The molecule has 2 rings (SSSR count). The molecule has 2 N–H and O–H groups in total. The van der Waals surface area contributed by atoms with E-state index in [1.165, 1.54) is 25.9 Å². The molecule has 0 amide bonds. The summed E-state index contributed by atoms with van der Waals surface area (Å²) in [7, 11) is 0. The third-order valence-corrected chi connectivity index (χ3v) is 4.53. The molecule has 6 heteroatoms. The Morgan fingerprint density at radius 3 is 2.54 bits per heavy atom. The molecule has 0 bridgehead atoms. The molecule has 0 spiro atoms. The van der Waals surface area contributed by atoms with Crippen LogP contribution in [0.15, 0.2) is 35.3 Å². The van der Waals surface area contributed by atoms with E-state index >= 15 is 0 Å². The number of nitrogens with zero attached hydrogens (tertiary/aromatic N) is 2. The van der Waals surface area contributed by atoms with Crippen LogP contribution in [0.25, 0.3) is 0 Å². The van der Waals surface area contributed by atoms with E-state index in [9.17, 15) is 0 Å². The van der Waals surface area contributed by atoms with Crippen LogP contribution < -0.4 is 15.4 Å².